The van der Waals surface area contributed by atoms with E-state index in [0.717, 1.165) is 17.0 Å². The normalized spacial score (nSPS) is 11.2. The minimum atomic E-state index is 0.276. The van der Waals surface area contributed by atoms with Crippen molar-refractivity contribution in [2.45, 2.75) is 6.92 Å². The highest BCUT2D eigenvalue weighted by Crippen LogP contribution is 2.17. The van der Waals surface area contributed by atoms with E-state index in [1.165, 1.54) is 0 Å². The lowest BCUT2D eigenvalue weighted by Gasteiger charge is -1.99. The molecule has 1 aromatic heterocycles. The summed E-state index contributed by atoms with van der Waals surface area (Å²) in [5, 5.41) is 0. The molecule has 12 heavy (non-hydrogen) atoms. The standard InChI is InChI=1S/C10H10N2/c1-8-4-2-3-5-9(8)10-11-6-7-12-10/h2-7H,1H3,(H,11,12)/i6D. The number of nitrogens with zero attached hydrogens (tertiary/aromatic N) is 1. The molecular formula is C10H10N2. The lowest BCUT2D eigenvalue weighted by Crippen LogP contribution is -1.83. The van der Waals surface area contributed by atoms with Crippen LogP contribution in [0.3, 0.4) is 0 Å². The van der Waals surface area contributed by atoms with Crippen LogP contribution in [0, 0.1) is 6.92 Å². The lowest BCUT2D eigenvalue weighted by atomic mass is 10.1. The molecule has 0 aliphatic heterocycles. The van der Waals surface area contributed by atoms with E-state index in [9.17, 15) is 0 Å². The van der Waals surface area contributed by atoms with Gasteiger partial charge in [0.1, 0.15) is 5.82 Å². The first kappa shape index (κ1) is 6.00. The molecule has 0 saturated carbocycles. The first-order valence-corrected chi connectivity index (χ1v) is 3.85. The first-order valence-electron chi connectivity index (χ1n) is 4.35. The number of rotatable bonds is 1. The Morgan fingerprint density at radius 3 is 2.92 bits per heavy atom. The molecule has 0 unspecified atom stereocenters. The SMILES string of the molecule is [2H]c1c[nH]c(-c2ccccc2C)n1. The fourth-order valence-electron chi connectivity index (χ4n) is 1.21. The van der Waals surface area contributed by atoms with Crippen molar-refractivity contribution in [1.82, 2.24) is 9.97 Å². The highest BCUT2D eigenvalue weighted by Gasteiger charge is 2.00. The van der Waals surface area contributed by atoms with Gasteiger partial charge in [0.2, 0.25) is 0 Å². The highest BCUT2D eigenvalue weighted by atomic mass is 14.9. The van der Waals surface area contributed by atoms with E-state index in [-0.39, 0.29) is 6.17 Å². The zero-order valence-electron chi connectivity index (χ0n) is 7.83. The van der Waals surface area contributed by atoms with E-state index in [4.69, 9.17) is 1.37 Å². The van der Waals surface area contributed by atoms with E-state index >= 15 is 0 Å². The topological polar surface area (TPSA) is 28.7 Å². The van der Waals surface area contributed by atoms with Crippen molar-refractivity contribution in [3.8, 4) is 11.4 Å². The Morgan fingerprint density at radius 2 is 2.25 bits per heavy atom. The molecule has 1 aromatic carbocycles. The van der Waals surface area contributed by atoms with Crippen LogP contribution >= 0.6 is 0 Å². The molecular weight excluding hydrogens is 148 g/mol. The van der Waals surface area contributed by atoms with Crippen LogP contribution in [0.4, 0.5) is 0 Å². The predicted molar refractivity (Wildman–Crippen MR) is 48.8 cm³/mol. The van der Waals surface area contributed by atoms with Gasteiger partial charge in [-0.05, 0) is 12.5 Å². The number of aryl methyl sites for hydroxylation is 1. The van der Waals surface area contributed by atoms with Crippen molar-refractivity contribution in [2.24, 2.45) is 0 Å². The van der Waals surface area contributed by atoms with E-state index in [1.54, 1.807) is 6.20 Å². The van der Waals surface area contributed by atoms with E-state index in [1.807, 2.05) is 31.2 Å². The van der Waals surface area contributed by atoms with Gasteiger partial charge in [0.15, 0.2) is 0 Å². The number of aromatic amines is 1. The van der Waals surface area contributed by atoms with Crippen molar-refractivity contribution in [3.05, 3.63) is 42.2 Å². The van der Waals surface area contributed by atoms with Crippen molar-refractivity contribution in [1.29, 1.82) is 0 Å². The molecule has 0 aliphatic rings. The lowest BCUT2D eigenvalue weighted by molar-refractivity contribution is 1.29. The molecule has 0 spiro atoms. The minimum Gasteiger partial charge on any atom is -0.345 e. The van der Waals surface area contributed by atoms with Crippen LogP contribution in [-0.4, -0.2) is 9.97 Å². The number of hydrogen-bond donors (Lipinski definition) is 1. The quantitative estimate of drug-likeness (QED) is 0.680. The second kappa shape index (κ2) is 2.81. The largest absolute Gasteiger partial charge is 0.345 e. The van der Waals surface area contributed by atoms with Crippen LogP contribution in [0.15, 0.2) is 36.6 Å². The van der Waals surface area contributed by atoms with Crippen LogP contribution in [0.1, 0.15) is 6.93 Å². The number of hydrogen-bond acceptors (Lipinski definition) is 1. The molecule has 2 nitrogen and oxygen atoms in total. The zero-order chi connectivity index (χ0) is 9.26. The molecule has 2 rings (SSSR count). The summed E-state index contributed by atoms with van der Waals surface area (Å²) >= 11 is 0. The third kappa shape index (κ3) is 1.11. The molecule has 1 heterocycles. The van der Waals surface area contributed by atoms with Gasteiger partial charge in [-0.1, -0.05) is 24.3 Å². The second-order valence-electron chi connectivity index (χ2n) is 2.69. The maximum atomic E-state index is 7.29. The monoisotopic (exact) mass is 159 g/mol. The zero-order valence-corrected chi connectivity index (χ0v) is 6.83. The minimum absolute atomic E-state index is 0.276. The molecule has 0 saturated heterocycles. The third-order valence-corrected chi connectivity index (χ3v) is 1.85. The molecule has 0 radical (unpaired) electrons. The molecule has 2 aromatic rings. The van der Waals surface area contributed by atoms with Gasteiger partial charge in [0.05, 0.1) is 1.37 Å². The van der Waals surface area contributed by atoms with Crippen molar-refractivity contribution >= 4 is 0 Å². The summed E-state index contributed by atoms with van der Waals surface area (Å²) in [6.45, 7) is 2.03. The number of benzene rings is 1. The van der Waals surface area contributed by atoms with Gasteiger partial charge in [0.25, 0.3) is 0 Å². The van der Waals surface area contributed by atoms with Crippen LogP contribution in [0.5, 0.6) is 0 Å². The molecule has 0 fully saturated rings. The molecule has 0 amide bonds. The Balaban J connectivity index is 2.52. The van der Waals surface area contributed by atoms with Gasteiger partial charge in [-0.25, -0.2) is 4.98 Å². The molecule has 60 valence electrons. The van der Waals surface area contributed by atoms with Crippen LogP contribution in [0.2, 0.25) is 0 Å². The van der Waals surface area contributed by atoms with Gasteiger partial charge >= 0.3 is 0 Å². The van der Waals surface area contributed by atoms with Crippen LogP contribution < -0.4 is 0 Å². The van der Waals surface area contributed by atoms with Crippen molar-refractivity contribution in [2.75, 3.05) is 0 Å². The molecule has 2 heteroatoms. The Kier molecular flexibility index (Phi) is 1.41. The highest BCUT2D eigenvalue weighted by molar-refractivity contribution is 5.59. The maximum absolute atomic E-state index is 7.29. The van der Waals surface area contributed by atoms with Gasteiger partial charge < -0.3 is 4.98 Å². The summed E-state index contributed by atoms with van der Waals surface area (Å²) in [4.78, 5) is 7.02. The van der Waals surface area contributed by atoms with E-state index in [2.05, 4.69) is 9.97 Å². The summed E-state index contributed by atoms with van der Waals surface area (Å²) in [6, 6.07) is 7.98. The fourth-order valence-corrected chi connectivity index (χ4v) is 1.21. The average Bonchev–Trinajstić information content (AvgIpc) is 2.53. The van der Waals surface area contributed by atoms with Crippen LogP contribution in [-0.2, 0) is 0 Å². The molecule has 0 atom stereocenters. The average molecular weight is 159 g/mol. The first-order chi connectivity index (χ1) is 6.27. The number of nitrogens with one attached hydrogen (secondary N) is 1. The smallest absolute Gasteiger partial charge is 0.137 e. The predicted octanol–water partition coefficient (Wildman–Crippen LogP) is 2.39. The Morgan fingerprint density at radius 1 is 1.42 bits per heavy atom. The molecule has 1 N–H and O–H groups in total. The Bertz CT molecular complexity index is 420. The fraction of sp³-hybridized carbons (Fsp3) is 0.100. The van der Waals surface area contributed by atoms with Crippen molar-refractivity contribution in [3.63, 3.8) is 0 Å². The summed E-state index contributed by atoms with van der Waals surface area (Å²) in [5.74, 6) is 0.767. The van der Waals surface area contributed by atoms with E-state index in [0.29, 0.717) is 0 Å². The molecule has 0 bridgehead atoms. The summed E-state index contributed by atoms with van der Waals surface area (Å²) < 4.78 is 7.29. The van der Waals surface area contributed by atoms with Crippen molar-refractivity contribution < 1.29 is 1.37 Å². The summed E-state index contributed by atoms with van der Waals surface area (Å²) in [5.41, 5.74) is 2.22. The second-order valence-corrected chi connectivity index (χ2v) is 2.69. The number of imidazole rings is 1. The summed E-state index contributed by atoms with van der Waals surface area (Å²) in [7, 11) is 0. The van der Waals surface area contributed by atoms with Gasteiger partial charge in [-0.3, -0.25) is 0 Å². The number of H-pyrrole nitrogens is 1. The van der Waals surface area contributed by atoms with Gasteiger partial charge in [-0.2, -0.15) is 0 Å². The van der Waals surface area contributed by atoms with Gasteiger partial charge in [0, 0.05) is 17.9 Å². The molecule has 0 aliphatic carbocycles. The summed E-state index contributed by atoms with van der Waals surface area (Å²) in [6.07, 6.45) is 1.86. The Hall–Kier alpha value is -1.57. The third-order valence-electron chi connectivity index (χ3n) is 1.85. The number of aromatic nitrogens is 2. The Labute approximate surface area is 72.7 Å². The van der Waals surface area contributed by atoms with Crippen LogP contribution in [0.25, 0.3) is 11.4 Å². The maximum Gasteiger partial charge on any atom is 0.137 e. The van der Waals surface area contributed by atoms with Gasteiger partial charge in [-0.15, -0.1) is 0 Å². The van der Waals surface area contributed by atoms with E-state index < -0.39 is 0 Å².